The van der Waals surface area contributed by atoms with Crippen LogP contribution >= 0.6 is 11.6 Å². The van der Waals surface area contributed by atoms with Crippen LogP contribution in [0.5, 0.6) is 0 Å². The van der Waals surface area contributed by atoms with Crippen molar-refractivity contribution in [2.75, 3.05) is 5.32 Å². The minimum absolute atomic E-state index is 0.123. The van der Waals surface area contributed by atoms with Crippen LogP contribution in [-0.4, -0.2) is 10.5 Å². The zero-order chi connectivity index (χ0) is 15.9. The van der Waals surface area contributed by atoms with Crippen molar-refractivity contribution >= 4 is 34.1 Å². The van der Waals surface area contributed by atoms with Gasteiger partial charge in [-0.2, -0.15) is 0 Å². The lowest BCUT2D eigenvalue weighted by molar-refractivity contribution is 0.101. The van der Waals surface area contributed by atoms with Crippen LogP contribution in [0.1, 0.15) is 21.6 Å². The lowest BCUT2D eigenvalue weighted by Crippen LogP contribution is -2.16. The average molecular weight is 313 g/mol. The van der Waals surface area contributed by atoms with Crippen molar-refractivity contribution in [1.29, 1.82) is 0 Å². The zero-order valence-corrected chi connectivity index (χ0v) is 13.5. The molecule has 0 radical (unpaired) electrons. The molecule has 0 saturated heterocycles. The summed E-state index contributed by atoms with van der Waals surface area (Å²) in [7, 11) is 1.87. The summed E-state index contributed by atoms with van der Waals surface area (Å²) in [4.78, 5) is 12.6. The SMILES string of the molecule is Cc1ccc(NC(=O)c2cc3ccc(Cl)cc3n2C)c(C)c1. The van der Waals surface area contributed by atoms with Gasteiger partial charge in [0.1, 0.15) is 5.69 Å². The highest BCUT2D eigenvalue weighted by Gasteiger charge is 2.14. The third kappa shape index (κ3) is 2.60. The van der Waals surface area contributed by atoms with Crippen LogP contribution in [0, 0.1) is 13.8 Å². The summed E-state index contributed by atoms with van der Waals surface area (Å²) in [5.74, 6) is -0.123. The number of aryl methyl sites for hydroxylation is 3. The standard InChI is InChI=1S/C18H17ClN2O/c1-11-4-7-15(12(2)8-11)20-18(22)17-9-13-5-6-14(19)10-16(13)21(17)3/h4-10H,1-3H3,(H,20,22). The predicted molar refractivity (Wildman–Crippen MR) is 91.8 cm³/mol. The second-order valence-corrected chi connectivity index (χ2v) is 6.00. The van der Waals surface area contributed by atoms with Gasteiger partial charge in [0.2, 0.25) is 0 Å². The number of nitrogens with zero attached hydrogens (tertiary/aromatic N) is 1. The normalized spacial score (nSPS) is 10.9. The molecule has 3 rings (SSSR count). The van der Waals surface area contributed by atoms with Crippen LogP contribution in [0.3, 0.4) is 0 Å². The van der Waals surface area contributed by atoms with Gasteiger partial charge in [0.05, 0.1) is 0 Å². The molecule has 1 N–H and O–H groups in total. The molecule has 0 aliphatic heterocycles. The number of carbonyl (C=O) groups excluding carboxylic acids is 1. The largest absolute Gasteiger partial charge is 0.340 e. The number of fused-ring (bicyclic) bond motifs is 1. The number of hydrogen-bond donors (Lipinski definition) is 1. The topological polar surface area (TPSA) is 34.0 Å². The smallest absolute Gasteiger partial charge is 0.272 e. The molecule has 2 aromatic carbocycles. The van der Waals surface area contributed by atoms with Crippen molar-refractivity contribution in [2.45, 2.75) is 13.8 Å². The quantitative estimate of drug-likeness (QED) is 0.731. The summed E-state index contributed by atoms with van der Waals surface area (Å²) < 4.78 is 1.86. The average Bonchev–Trinajstić information content (AvgIpc) is 2.79. The molecule has 0 atom stereocenters. The second kappa shape index (κ2) is 5.50. The first kappa shape index (κ1) is 14.7. The molecule has 0 saturated carbocycles. The van der Waals surface area contributed by atoms with E-state index in [0.717, 1.165) is 22.2 Å². The third-order valence-corrected chi connectivity index (χ3v) is 4.11. The molecule has 3 nitrogen and oxygen atoms in total. The Morgan fingerprint density at radius 3 is 2.59 bits per heavy atom. The van der Waals surface area contributed by atoms with E-state index in [0.29, 0.717) is 10.7 Å². The van der Waals surface area contributed by atoms with Crippen LogP contribution in [0.2, 0.25) is 5.02 Å². The number of hydrogen-bond acceptors (Lipinski definition) is 1. The molecule has 1 amide bonds. The van der Waals surface area contributed by atoms with Gasteiger partial charge in [0.15, 0.2) is 0 Å². The van der Waals surface area contributed by atoms with E-state index < -0.39 is 0 Å². The first-order valence-electron chi connectivity index (χ1n) is 7.09. The van der Waals surface area contributed by atoms with Gasteiger partial charge < -0.3 is 9.88 Å². The van der Waals surface area contributed by atoms with Gasteiger partial charge in [-0.15, -0.1) is 0 Å². The number of carbonyl (C=O) groups is 1. The van der Waals surface area contributed by atoms with Crippen LogP contribution in [0.15, 0.2) is 42.5 Å². The minimum atomic E-state index is -0.123. The van der Waals surface area contributed by atoms with Crippen LogP contribution in [-0.2, 0) is 7.05 Å². The van der Waals surface area contributed by atoms with E-state index in [2.05, 4.69) is 11.4 Å². The predicted octanol–water partition coefficient (Wildman–Crippen LogP) is 4.70. The van der Waals surface area contributed by atoms with E-state index in [9.17, 15) is 4.79 Å². The maximum absolute atomic E-state index is 12.6. The Morgan fingerprint density at radius 1 is 1.09 bits per heavy atom. The summed E-state index contributed by atoms with van der Waals surface area (Å²) in [5, 5.41) is 4.64. The second-order valence-electron chi connectivity index (χ2n) is 5.56. The molecule has 112 valence electrons. The number of anilines is 1. The number of amides is 1. The number of rotatable bonds is 2. The molecule has 0 bridgehead atoms. The molecule has 1 heterocycles. The van der Waals surface area contributed by atoms with Gasteiger partial charge in [-0.25, -0.2) is 0 Å². The highest BCUT2D eigenvalue weighted by molar-refractivity contribution is 6.31. The molecule has 0 spiro atoms. The number of halogens is 1. The molecular weight excluding hydrogens is 296 g/mol. The molecule has 0 aliphatic rings. The highest BCUT2D eigenvalue weighted by Crippen LogP contribution is 2.24. The molecule has 22 heavy (non-hydrogen) atoms. The maximum atomic E-state index is 12.6. The Balaban J connectivity index is 1.97. The fourth-order valence-electron chi connectivity index (χ4n) is 2.66. The molecular formula is C18H17ClN2O. The van der Waals surface area contributed by atoms with Crippen molar-refractivity contribution in [1.82, 2.24) is 4.57 Å². The van der Waals surface area contributed by atoms with Crippen molar-refractivity contribution in [3.63, 3.8) is 0 Å². The number of benzene rings is 2. The van der Waals surface area contributed by atoms with Gasteiger partial charge >= 0.3 is 0 Å². The highest BCUT2D eigenvalue weighted by atomic mass is 35.5. The fourth-order valence-corrected chi connectivity index (χ4v) is 2.83. The minimum Gasteiger partial charge on any atom is -0.340 e. The Kier molecular flexibility index (Phi) is 3.67. The summed E-state index contributed by atoms with van der Waals surface area (Å²) in [6.07, 6.45) is 0. The van der Waals surface area contributed by atoms with E-state index in [1.807, 2.05) is 61.9 Å². The molecule has 4 heteroatoms. The van der Waals surface area contributed by atoms with Crippen LogP contribution in [0.25, 0.3) is 10.9 Å². The van der Waals surface area contributed by atoms with Gasteiger partial charge in [-0.1, -0.05) is 35.4 Å². The summed E-state index contributed by atoms with van der Waals surface area (Å²) in [6, 6.07) is 13.5. The van der Waals surface area contributed by atoms with Crippen molar-refractivity contribution in [2.24, 2.45) is 7.05 Å². The number of nitrogens with one attached hydrogen (secondary N) is 1. The van der Waals surface area contributed by atoms with Gasteiger partial charge in [-0.05, 0) is 43.7 Å². The van der Waals surface area contributed by atoms with Gasteiger partial charge in [0, 0.05) is 28.7 Å². The molecule has 0 fully saturated rings. The molecule has 0 aliphatic carbocycles. The molecule has 1 aromatic heterocycles. The Hall–Kier alpha value is -2.26. The fraction of sp³-hybridized carbons (Fsp3) is 0.167. The van der Waals surface area contributed by atoms with Crippen LogP contribution < -0.4 is 5.32 Å². The summed E-state index contributed by atoms with van der Waals surface area (Å²) in [5.41, 5.74) is 4.61. The maximum Gasteiger partial charge on any atom is 0.272 e. The lowest BCUT2D eigenvalue weighted by atomic mass is 10.1. The monoisotopic (exact) mass is 312 g/mol. The van der Waals surface area contributed by atoms with Crippen molar-refractivity contribution in [3.8, 4) is 0 Å². The van der Waals surface area contributed by atoms with Crippen molar-refractivity contribution in [3.05, 3.63) is 64.3 Å². The third-order valence-electron chi connectivity index (χ3n) is 3.87. The van der Waals surface area contributed by atoms with E-state index in [4.69, 9.17) is 11.6 Å². The zero-order valence-electron chi connectivity index (χ0n) is 12.8. The molecule has 3 aromatic rings. The molecule has 0 unspecified atom stereocenters. The van der Waals surface area contributed by atoms with Gasteiger partial charge in [0.25, 0.3) is 5.91 Å². The number of aromatic nitrogens is 1. The first-order valence-corrected chi connectivity index (χ1v) is 7.47. The summed E-state index contributed by atoms with van der Waals surface area (Å²) >= 11 is 6.03. The Bertz CT molecular complexity index is 880. The van der Waals surface area contributed by atoms with Crippen LogP contribution in [0.4, 0.5) is 5.69 Å². The van der Waals surface area contributed by atoms with E-state index in [-0.39, 0.29) is 5.91 Å². The lowest BCUT2D eigenvalue weighted by Gasteiger charge is -2.10. The Morgan fingerprint density at radius 2 is 1.86 bits per heavy atom. The van der Waals surface area contributed by atoms with E-state index in [1.165, 1.54) is 5.56 Å². The Labute approximate surface area is 134 Å². The van der Waals surface area contributed by atoms with Gasteiger partial charge in [-0.3, -0.25) is 4.79 Å². The van der Waals surface area contributed by atoms with E-state index >= 15 is 0 Å². The first-order chi connectivity index (χ1) is 10.5. The van der Waals surface area contributed by atoms with Crippen molar-refractivity contribution < 1.29 is 4.79 Å². The van der Waals surface area contributed by atoms with E-state index in [1.54, 1.807) is 0 Å². The summed E-state index contributed by atoms with van der Waals surface area (Å²) in [6.45, 7) is 4.02.